The fourth-order valence-corrected chi connectivity index (χ4v) is 6.15. The van der Waals surface area contributed by atoms with E-state index in [0.717, 1.165) is 32.1 Å². The zero-order chi connectivity index (χ0) is 34.0. The maximum Gasteiger partial charge on any atom is 0.472 e. The van der Waals surface area contributed by atoms with Crippen molar-refractivity contribution in [3.63, 3.8) is 0 Å². The van der Waals surface area contributed by atoms with Crippen molar-refractivity contribution in [2.24, 2.45) is 0 Å². The molecule has 10 heteroatoms. The average Bonchev–Trinajstić information content (AvgIpc) is 3.04. The number of ether oxygens (including phenoxy) is 2. The molecule has 46 heavy (non-hydrogen) atoms. The highest BCUT2D eigenvalue weighted by atomic mass is 31.2. The van der Waals surface area contributed by atoms with Crippen LogP contribution in [0.25, 0.3) is 0 Å². The van der Waals surface area contributed by atoms with Crippen molar-refractivity contribution in [1.29, 1.82) is 0 Å². The van der Waals surface area contributed by atoms with Crippen molar-refractivity contribution in [1.82, 2.24) is 0 Å². The summed E-state index contributed by atoms with van der Waals surface area (Å²) in [7, 11) is -4.50. The van der Waals surface area contributed by atoms with Gasteiger partial charge in [0.2, 0.25) is 0 Å². The van der Waals surface area contributed by atoms with Crippen LogP contribution in [0.3, 0.4) is 0 Å². The summed E-state index contributed by atoms with van der Waals surface area (Å²) in [5.41, 5.74) is 0. The summed E-state index contributed by atoms with van der Waals surface area (Å²) in [5.74, 6) is -0.380. The van der Waals surface area contributed by atoms with E-state index in [2.05, 4.69) is 13.8 Å². The molecule has 0 aliphatic rings. The first kappa shape index (κ1) is 45.5. The number of rotatable bonds is 37. The van der Waals surface area contributed by atoms with Crippen molar-refractivity contribution in [2.75, 3.05) is 33.0 Å². The topological polar surface area (TPSA) is 132 Å². The lowest BCUT2D eigenvalue weighted by Gasteiger charge is -2.20. The lowest BCUT2D eigenvalue weighted by Crippen LogP contribution is -2.29. The first-order chi connectivity index (χ1) is 22.3. The molecule has 0 radical (unpaired) electrons. The summed E-state index contributed by atoms with van der Waals surface area (Å²) in [5, 5.41) is 18.3. The normalized spacial score (nSPS) is 14.3. The van der Waals surface area contributed by atoms with Crippen molar-refractivity contribution in [2.45, 2.75) is 193 Å². The second-order valence-corrected chi connectivity index (χ2v) is 14.4. The van der Waals surface area contributed by atoms with Gasteiger partial charge in [0.25, 0.3) is 0 Å². The van der Waals surface area contributed by atoms with Gasteiger partial charge in [-0.1, -0.05) is 162 Å². The Labute approximate surface area is 282 Å². The van der Waals surface area contributed by atoms with Crippen LogP contribution < -0.4 is 0 Å². The number of hydrogen-bond donors (Lipinski definition) is 3. The number of esters is 1. The third-order valence-corrected chi connectivity index (χ3v) is 9.24. The molecule has 0 fully saturated rings. The Morgan fingerprint density at radius 3 is 1.41 bits per heavy atom. The van der Waals surface area contributed by atoms with Gasteiger partial charge >= 0.3 is 13.8 Å². The Morgan fingerprint density at radius 2 is 0.978 bits per heavy atom. The highest BCUT2D eigenvalue weighted by molar-refractivity contribution is 7.47. The van der Waals surface area contributed by atoms with Crippen LogP contribution in [0.2, 0.25) is 0 Å². The van der Waals surface area contributed by atoms with Crippen molar-refractivity contribution in [3.8, 4) is 0 Å². The number of aliphatic hydroxyl groups excluding tert-OH is 2. The second-order valence-electron chi connectivity index (χ2n) is 13.0. The zero-order valence-corrected chi connectivity index (χ0v) is 30.7. The van der Waals surface area contributed by atoms with E-state index in [0.29, 0.717) is 6.61 Å². The minimum Gasteiger partial charge on any atom is -0.457 e. The van der Waals surface area contributed by atoms with Crippen LogP contribution in [0.4, 0.5) is 0 Å². The minimum absolute atomic E-state index is 0.0572. The smallest absolute Gasteiger partial charge is 0.457 e. The molecule has 276 valence electrons. The van der Waals surface area contributed by atoms with E-state index in [1.807, 2.05) is 0 Å². The molecule has 0 aliphatic carbocycles. The van der Waals surface area contributed by atoms with Crippen molar-refractivity contribution < 1.29 is 43.0 Å². The fraction of sp³-hybridized carbons (Fsp3) is 0.972. The highest BCUT2D eigenvalue weighted by Crippen LogP contribution is 2.43. The number of phosphoric ester groups is 1. The molecule has 1 unspecified atom stereocenters. The van der Waals surface area contributed by atoms with Gasteiger partial charge in [0.1, 0.15) is 12.2 Å². The summed E-state index contributed by atoms with van der Waals surface area (Å²) >= 11 is 0. The number of carbonyl (C=O) groups is 1. The lowest BCUT2D eigenvalue weighted by molar-refractivity contribution is -0.154. The van der Waals surface area contributed by atoms with Gasteiger partial charge < -0.3 is 24.6 Å². The number of unbranched alkanes of at least 4 members (excludes halogenated alkanes) is 23. The van der Waals surface area contributed by atoms with Gasteiger partial charge in [-0.3, -0.25) is 13.8 Å². The monoisotopic (exact) mass is 680 g/mol. The summed E-state index contributed by atoms with van der Waals surface area (Å²) < 4.78 is 33.2. The first-order valence-corrected chi connectivity index (χ1v) is 20.5. The molecule has 3 N–H and O–H groups in total. The molecular formula is C36H73O9P. The predicted octanol–water partition coefficient (Wildman–Crippen LogP) is 9.58. The number of hydrogen-bond acceptors (Lipinski definition) is 8. The van der Waals surface area contributed by atoms with E-state index in [9.17, 15) is 19.4 Å². The number of phosphoric acid groups is 1. The van der Waals surface area contributed by atoms with E-state index < -0.39 is 33.2 Å². The Kier molecular flexibility index (Phi) is 33.9. The molecule has 0 aromatic heterocycles. The van der Waals surface area contributed by atoms with E-state index in [1.165, 1.54) is 128 Å². The fourth-order valence-electron chi connectivity index (χ4n) is 5.36. The Balaban J connectivity index is 4.20. The zero-order valence-electron chi connectivity index (χ0n) is 29.8. The van der Waals surface area contributed by atoms with Crippen molar-refractivity contribution in [3.05, 3.63) is 0 Å². The summed E-state index contributed by atoms with van der Waals surface area (Å²) in [6.45, 7) is 3.54. The first-order valence-electron chi connectivity index (χ1n) is 19.0. The Hall–Kier alpha value is -0.540. The molecule has 9 nitrogen and oxygen atoms in total. The van der Waals surface area contributed by atoms with Gasteiger partial charge in [0.05, 0.1) is 26.4 Å². The third kappa shape index (κ3) is 33.4. The molecule has 0 bridgehead atoms. The van der Waals surface area contributed by atoms with Gasteiger partial charge in [-0.05, 0) is 12.8 Å². The lowest BCUT2D eigenvalue weighted by atomic mass is 10.0. The van der Waals surface area contributed by atoms with Crippen LogP contribution in [-0.2, 0) is 27.9 Å². The van der Waals surface area contributed by atoms with Gasteiger partial charge in [-0.2, -0.15) is 0 Å². The van der Waals surface area contributed by atoms with Gasteiger partial charge in [-0.15, -0.1) is 0 Å². The number of carbonyl (C=O) groups excluding carboxylic acids is 1. The van der Waals surface area contributed by atoms with Gasteiger partial charge in [0.15, 0.2) is 0 Å². The van der Waals surface area contributed by atoms with Crippen LogP contribution in [0, 0.1) is 0 Å². The second kappa shape index (κ2) is 34.3. The molecule has 0 amide bonds. The molecule has 0 heterocycles. The molecule has 0 rings (SSSR count). The molecule has 0 aliphatic heterocycles. The SMILES string of the molecule is CCCCCCCCCCCCCCCC(=O)O[C@H](COCCCCCCCCCCCCCC)COP(=O)(O)OC[C@@H](O)CO. The van der Waals surface area contributed by atoms with E-state index in [4.69, 9.17) is 23.6 Å². The predicted molar refractivity (Wildman–Crippen MR) is 187 cm³/mol. The largest absolute Gasteiger partial charge is 0.472 e. The summed E-state index contributed by atoms with van der Waals surface area (Å²) in [6.07, 6.45) is 29.1. The van der Waals surface area contributed by atoms with Crippen LogP contribution in [0.5, 0.6) is 0 Å². The molecule has 0 aromatic rings. The summed E-state index contributed by atoms with van der Waals surface area (Å²) in [6, 6.07) is 0. The molecular weight excluding hydrogens is 607 g/mol. The Morgan fingerprint density at radius 1 is 0.587 bits per heavy atom. The van der Waals surface area contributed by atoms with Crippen molar-refractivity contribution >= 4 is 13.8 Å². The average molecular weight is 681 g/mol. The van der Waals surface area contributed by atoms with Gasteiger partial charge in [-0.25, -0.2) is 4.57 Å². The van der Waals surface area contributed by atoms with E-state index >= 15 is 0 Å². The minimum atomic E-state index is -4.50. The quantitative estimate of drug-likeness (QED) is 0.0333. The highest BCUT2D eigenvalue weighted by Gasteiger charge is 2.26. The Bertz CT molecular complexity index is 694. The summed E-state index contributed by atoms with van der Waals surface area (Å²) in [4.78, 5) is 22.4. The van der Waals surface area contributed by atoms with E-state index in [-0.39, 0.29) is 25.6 Å². The standard InChI is InChI=1S/C36H73O9P/c1-3-5-7-9-11-13-15-17-18-20-22-24-26-28-36(39)45-35(33-44-46(40,41)43-31-34(38)30-37)32-42-29-27-25-23-21-19-16-14-12-10-8-6-4-2/h34-35,37-38H,3-33H2,1-2H3,(H,40,41)/t34-,35+/m0/s1. The van der Waals surface area contributed by atoms with E-state index in [1.54, 1.807) is 0 Å². The molecule has 0 saturated heterocycles. The van der Waals surface area contributed by atoms with Crippen LogP contribution in [-0.4, -0.2) is 66.3 Å². The molecule has 0 aromatic carbocycles. The van der Waals surface area contributed by atoms with Crippen LogP contribution in [0.15, 0.2) is 0 Å². The maximum absolute atomic E-state index is 12.5. The van der Waals surface area contributed by atoms with Gasteiger partial charge in [0, 0.05) is 13.0 Å². The molecule has 3 atom stereocenters. The maximum atomic E-state index is 12.5. The molecule has 0 saturated carbocycles. The van der Waals surface area contributed by atoms with Crippen LogP contribution in [0.1, 0.15) is 181 Å². The third-order valence-electron chi connectivity index (χ3n) is 8.29. The molecule has 0 spiro atoms. The number of aliphatic hydroxyl groups is 2. The van der Waals surface area contributed by atoms with Crippen LogP contribution >= 0.6 is 7.82 Å².